The van der Waals surface area contributed by atoms with Gasteiger partial charge < -0.3 is 10.1 Å². The largest absolute Gasteiger partial charge is 0.382 e. The van der Waals surface area contributed by atoms with Crippen molar-refractivity contribution in [2.75, 3.05) is 18.5 Å². The third-order valence-electron chi connectivity index (χ3n) is 3.31. The second-order valence-corrected chi connectivity index (χ2v) is 4.60. The van der Waals surface area contributed by atoms with Gasteiger partial charge in [-0.1, -0.05) is 0 Å². The van der Waals surface area contributed by atoms with Crippen molar-refractivity contribution >= 4 is 16.7 Å². The molecule has 0 saturated carbocycles. The minimum atomic E-state index is 0.332. The maximum atomic E-state index is 5.72. The number of fused-ring (bicyclic) bond motifs is 1. The van der Waals surface area contributed by atoms with Crippen LogP contribution in [-0.2, 0) is 4.74 Å². The van der Waals surface area contributed by atoms with E-state index in [1.807, 2.05) is 18.2 Å². The first-order valence-corrected chi connectivity index (χ1v) is 6.49. The lowest BCUT2D eigenvalue weighted by atomic mass is 10.1. The summed E-state index contributed by atoms with van der Waals surface area (Å²) in [5.41, 5.74) is 1.87. The van der Waals surface area contributed by atoms with Crippen LogP contribution in [0.25, 0.3) is 11.0 Å². The minimum Gasteiger partial charge on any atom is -0.382 e. The predicted molar refractivity (Wildman–Crippen MR) is 71.6 cm³/mol. The third kappa shape index (κ3) is 2.43. The molecule has 1 unspecified atom stereocenters. The van der Waals surface area contributed by atoms with Gasteiger partial charge in [0.25, 0.3) is 0 Å². The lowest BCUT2D eigenvalue weighted by Crippen LogP contribution is -2.27. The summed E-state index contributed by atoms with van der Waals surface area (Å²) in [6.07, 6.45) is 7.50. The van der Waals surface area contributed by atoms with E-state index in [1.54, 1.807) is 12.4 Å². The third-order valence-corrected chi connectivity index (χ3v) is 3.31. The van der Waals surface area contributed by atoms with E-state index in [4.69, 9.17) is 4.74 Å². The van der Waals surface area contributed by atoms with Crippen molar-refractivity contribution in [1.82, 2.24) is 9.97 Å². The fraction of sp³-hybridized carbons (Fsp3) is 0.429. The summed E-state index contributed by atoms with van der Waals surface area (Å²) in [6.45, 7) is 1.75. The molecule has 0 radical (unpaired) electrons. The second kappa shape index (κ2) is 5.31. The molecule has 94 valence electrons. The zero-order chi connectivity index (χ0) is 12.2. The molecule has 2 aromatic heterocycles. The van der Waals surface area contributed by atoms with E-state index in [0.29, 0.717) is 6.10 Å². The van der Waals surface area contributed by atoms with Gasteiger partial charge in [-0.2, -0.15) is 0 Å². The van der Waals surface area contributed by atoms with Gasteiger partial charge in [-0.05, 0) is 37.5 Å². The molecule has 3 rings (SSSR count). The van der Waals surface area contributed by atoms with Crippen molar-refractivity contribution in [3.05, 3.63) is 30.6 Å². The van der Waals surface area contributed by atoms with Crippen LogP contribution in [0, 0.1) is 0 Å². The topological polar surface area (TPSA) is 47.0 Å². The molecule has 0 bridgehead atoms. The number of hydrogen-bond donors (Lipinski definition) is 1. The number of rotatable bonds is 3. The smallest absolute Gasteiger partial charge is 0.161 e. The maximum absolute atomic E-state index is 5.72. The molecule has 1 aliphatic heterocycles. The highest BCUT2D eigenvalue weighted by molar-refractivity contribution is 5.88. The van der Waals surface area contributed by atoms with Crippen molar-refractivity contribution in [3.8, 4) is 0 Å². The molecule has 0 amide bonds. The quantitative estimate of drug-likeness (QED) is 0.900. The lowest BCUT2D eigenvalue weighted by Gasteiger charge is -2.23. The fourth-order valence-corrected chi connectivity index (χ4v) is 2.33. The van der Waals surface area contributed by atoms with Crippen LogP contribution in [0.15, 0.2) is 30.6 Å². The van der Waals surface area contributed by atoms with E-state index in [1.165, 1.54) is 12.8 Å². The van der Waals surface area contributed by atoms with Gasteiger partial charge >= 0.3 is 0 Å². The number of anilines is 1. The first kappa shape index (κ1) is 11.4. The standard InChI is InChI=1S/C14H17N3O/c1-2-9-18-11(4-1)10-17-13-6-8-16-14-12(13)5-3-7-15-14/h3,5-8,11H,1-2,4,9-10H2,(H,15,16,17). The van der Waals surface area contributed by atoms with Gasteiger partial charge in [-0.3, -0.25) is 0 Å². The molecule has 1 atom stereocenters. The Kier molecular flexibility index (Phi) is 3.37. The highest BCUT2D eigenvalue weighted by Gasteiger charge is 2.13. The summed E-state index contributed by atoms with van der Waals surface area (Å²) in [6, 6.07) is 5.97. The van der Waals surface area contributed by atoms with Crippen LogP contribution in [0.1, 0.15) is 19.3 Å². The molecule has 0 aliphatic carbocycles. The highest BCUT2D eigenvalue weighted by atomic mass is 16.5. The zero-order valence-electron chi connectivity index (χ0n) is 10.3. The molecule has 18 heavy (non-hydrogen) atoms. The van der Waals surface area contributed by atoms with E-state index in [9.17, 15) is 0 Å². The van der Waals surface area contributed by atoms with E-state index >= 15 is 0 Å². The molecular weight excluding hydrogens is 226 g/mol. The molecule has 3 heterocycles. The average molecular weight is 243 g/mol. The Morgan fingerprint density at radius 2 is 2.17 bits per heavy atom. The summed E-state index contributed by atoms with van der Waals surface area (Å²) in [5.74, 6) is 0. The molecule has 1 saturated heterocycles. The summed E-state index contributed by atoms with van der Waals surface area (Å²) in [5, 5.41) is 4.52. The van der Waals surface area contributed by atoms with Gasteiger partial charge in [0.05, 0.1) is 6.10 Å². The van der Waals surface area contributed by atoms with Crippen LogP contribution in [-0.4, -0.2) is 29.2 Å². The predicted octanol–water partition coefficient (Wildman–Crippen LogP) is 2.61. The zero-order valence-corrected chi connectivity index (χ0v) is 10.3. The van der Waals surface area contributed by atoms with E-state index < -0.39 is 0 Å². The van der Waals surface area contributed by atoms with Crippen LogP contribution in [0.4, 0.5) is 5.69 Å². The van der Waals surface area contributed by atoms with Crippen molar-refractivity contribution in [2.24, 2.45) is 0 Å². The molecule has 1 fully saturated rings. The Bertz CT molecular complexity index is 518. The molecule has 2 aromatic rings. The van der Waals surface area contributed by atoms with Crippen LogP contribution >= 0.6 is 0 Å². The molecular formula is C14H17N3O. The van der Waals surface area contributed by atoms with E-state index in [0.717, 1.165) is 36.3 Å². The Balaban J connectivity index is 1.74. The van der Waals surface area contributed by atoms with E-state index in [-0.39, 0.29) is 0 Å². The lowest BCUT2D eigenvalue weighted by molar-refractivity contribution is 0.0248. The molecule has 0 aromatic carbocycles. The molecule has 1 aliphatic rings. The summed E-state index contributed by atoms with van der Waals surface area (Å²) in [7, 11) is 0. The molecule has 0 spiro atoms. The summed E-state index contributed by atoms with van der Waals surface area (Å²) >= 11 is 0. The van der Waals surface area contributed by atoms with Gasteiger partial charge in [0, 0.05) is 36.6 Å². The number of nitrogens with zero attached hydrogens (tertiary/aromatic N) is 2. The van der Waals surface area contributed by atoms with Gasteiger partial charge in [-0.25, -0.2) is 9.97 Å². The monoisotopic (exact) mass is 243 g/mol. The summed E-state index contributed by atoms with van der Waals surface area (Å²) < 4.78 is 5.72. The highest BCUT2D eigenvalue weighted by Crippen LogP contribution is 2.20. The number of ether oxygens (including phenoxy) is 1. The molecule has 4 nitrogen and oxygen atoms in total. The first-order chi connectivity index (χ1) is 8.93. The van der Waals surface area contributed by atoms with Crippen LogP contribution < -0.4 is 5.32 Å². The number of aromatic nitrogens is 2. The second-order valence-electron chi connectivity index (χ2n) is 4.60. The van der Waals surface area contributed by atoms with E-state index in [2.05, 4.69) is 15.3 Å². The number of pyridine rings is 2. The van der Waals surface area contributed by atoms with Gasteiger partial charge in [0.2, 0.25) is 0 Å². The van der Waals surface area contributed by atoms with Crippen molar-refractivity contribution in [3.63, 3.8) is 0 Å². The number of hydrogen-bond acceptors (Lipinski definition) is 4. The van der Waals surface area contributed by atoms with Crippen molar-refractivity contribution in [1.29, 1.82) is 0 Å². The van der Waals surface area contributed by atoms with Crippen LogP contribution in [0.3, 0.4) is 0 Å². The SMILES string of the molecule is c1cnc2nccc(NCC3CCCCO3)c2c1. The average Bonchev–Trinajstić information content (AvgIpc) is 2.46. The Labute approximate surface area is 106 Å². The van der Waals surface area contributed by atoms with Gasteiger partial charge in [-0.15, -0.1) is 0 Å². The molecule has 1 N–H and O–H groups in total. The van der Waals surface area contributed by atoms with Crippen LogP contribution in [0.2, 0.25) is 0 Å². The molecule has 4 heteroatoms. The Hall–Kier alpha value is -1.68. The summed E-state index contributed by atoms with van der Waals surface area (Å²) in [4.78, 5) is 8.51. The van der Waals surface area contributed by atoms with Gasteiger partial charge in [0.15, 0.2) is 5.65 Å². The normalized spacial score (nSPS) is 19.9. The maximum Gasteiger partial charge on any atom is 0.161 e. The van der Waals surface area contributed by atoms with Crippen molar-refractivity contribution in [2.45, 2.75) is 25.4 Å². The number of nitrogens with one attached hydrogen (secondary N) is 1. The Morgan fingerprint density at radius 1 is 1.22 bits per heavy atom. The van der Waals surface area contributed by atoms with Gasteiger partial charge in [0.1, 0.15) is 0 Å². The first-order valence-electron chi connectivity index (χ1n) is 6.49. The fourth-order valence-electron chi connectivity index (χ4n) is 2.33. The van der Waals surface area contributed by atoms with Crippen LogP contribution in [0.5, 0.6) is 0 Å². The Morgan fingerprint density at radius 3 is 3.06 bits per heavy atom. The minimum absolute atomic E-state index is 0.332. The van der Waals surface area contributed by atoms with Crippen molar-refractivity contribution < 1.29 is 4.74 Å².